The van der Waals surface area contributed by atoms with Crippen molar-refractivity contribution in [3.8, 4) is 0 Å². The van der Waals surface area contributed by atoms with Gasteiger partial charge in [0, 0.05) is 19.0 Å². The second-order valence-corrected chi connectivity index (χ2v) is 5.67. The molecule has 2 aromatic rings. The summed E-state index contributed by atoms with van der Waals surface area (Å²) in [7, 11) is 0. The summed E-state index contributed by atoms with van der Waals surface area (Å²) in [6.07, 6.45) is 2.65. The fourth-order valence-corrected chi connectivity index (χ4v) is 2.79. The monoisotopic (exact) mass is 284 g/mol. The number of hydrogen-bond donors (Lipinski definition) is 1. The molecule has 3 rings (SSSR count). The molecule has 1 aromatic heterocycles. The number of aromatic nitrogens is 3. The Morgan fingerprint density at radius 3 is 2.90 bits per heavy atom. The van der Waals surface area contributed by atoms with Gasteiger partial charge in [-0.05, 0) is 37.3 Å². The van der Waals surface area contributed by atoms with Crippen LogP contribution in [0.15, 0.2) is 30.6 Å². The third-order valence-electron chi connectivity index (χ3n) is 4.18. The Morgan fingerprint density at radius 2 is 2.19 bits per heavy atom. The van der Waals surface area contributed by atoms with Crippen molar-refractivity contribution in [2.45, 2.75) is 32.7 Å². The van der Waals surface area contributed by atoms with Crippen molar-refractivity contribution >= 4 is 5.91 Å². The lowest BCUT2D eigenvalue weighted by molar-refractivity contribution is -0.122. The maximum atomic E-state index is 12.2. The van der Waals surface area contributed by atoms with E-state index >= 15 is 0 Å². The zero-order chi connectivity index (χ0) is 14.8. The van der Waals surface area contributed by atoms with Gasteiger partial charge in [-0.15, -0.1) is 10.2 Å². The number of amides is 1. The maximum Gasteiger partial charge on any atom is 0.223 e. The average Bonchev–Trinajstić information content (AvgIpc) is 3.17. The van der Waals surface area contributed by atoms with E-state index in [1.807, 2.05) is 23.6 Å². The van der Waals surface area contributed by atoms with Gasteiger partial charge in [-0.25, -0.2) is 0 Å². The highest BCUT2D eigenvalue weighted by Gasteiger charge is 2.44. The molecule has 1 aromatic carbocycles. The first-order chi connectivity index (χ1) is 10.2. The van der Waals surface area contributed by atoms with Crippen LogP contribution in [0.5, 0.6) is 0 Å². The third kappa shape index (κ3) is 2.96. The van der Waals surface area contributed by atoms with Crippen LogP contribution in [0.3, 0.4) is 0 Å². The van der Waals surface area contributed by atoms with Gasteiger partial charge in [-0.2, -0.15) is 0 Å². The first-order valence-electron chi connectivity index (χ1n) is 7.34. The smallest absolute Gasteiger partial charge is 0.223 e. The largest absolute Gasteiger partial charge is 0.354 e. The number of hydrogen-bond acceptors (Lipinski definition) is 3. The molecule has 0 bridgehead atoms. The van der Waals surface area contributed by atoms with E-state index in [2.05, 4.69) is 34.6 Å². The molecule has 0 saturated heterocycles. The Kier molecular flexibility index (Phi) is 3.73. The van der Waals surface area contributed by atoms with Crippen molar-refractivity contribution in [2.24, 2.45) is 5.92 Å². The van der Waals surface area contributed by atoms with Crippen molar-refractivity contribution in [1.29, 1.82) is 0 Å². The van der Waals surface area contributed by atoms with Gasteiger partial charge in [0.1, 0.15) is 12.2 Å². The van der Waals surface area contributed by atoms with Crippen LogP contribution in [0.1, 0.15) is 29.3 Å². The zero-order valence-corrected chi connectivity index (χ0v) is 12.4. The molecule has 2 atom stereocenters. The van der Waals surface area contributed by atoms with Crippen molar-refractivity contribution < 1.29 is 4.79 Å². The van der Waals surface area contributed by atoms with Crippen molar-refractivity contribution in [3.63, 3.8) is 0 Å². The average molecular weight is 284 g/mol. The Balaban J connectivity index is 1.50. The Hall–Kier alpha value is -2.17. The minimum Gasteiger partial charge on any atom is -0.354 e. The van der Waals surface area contributed by atoms with Gasteiger partial charge in [0.2, 0.25) is 5.91 Å². The highest BCUT2D eigenvalue weighted by Crippen LogP contribution is 2.48. The number of nitrogens with one attached hydrogen (secondary N) is 1. The number of nitrogens with zero attached hydrogens (tertiary/aromatic N) is 3. The van der Waals surface area contributed by atoms with Gasteiger partial charge in [-0.1, -0.05) is 24.3 Å². The van der Waals surface area contributed by atoms with Crippen molar-refractivity contribution in [1.82, 2.24) is 20.1 Å². The number of carbonyl (C=O) groups excluding carboxylic acids is 1. The molecule has 1 heterocycles. The van der Waals surface area contributed by atoms with Crippen LogP contribution in [-0.2, 0) is 11.3 Å². The van der Waals surface area contributed by atoms with Crippen LogP contribution < -0.4 is 5.32 Å². The Morgan fingerprint density at radius 1 is 1.38 bits per heavy atom. The molecule has 5 heteroatoms. The van der Waals surface area contributed by atoms with Crippen LogP contribution in [0.2, 0.25) is 0 Å². The molecule has 1 N–H and O–H groups in total. The SMILES string of the molecule is Cc1ccccc1[C@H]1C[C@@H]1C(=O)NCCn1cnnc1C. The molecule has 1 saturated carbocycles. The Bertz CT molecular complexity index is 649. The number of aryl methyl sites for hydroxylation is 2. The predicted octanol–water partition coefficient (Wildman–Crippen LogP) is 1.81. The molecule has 5 nitrogen and oxygen atoms in total. The highest BCUT2D eigenvalue weighted by molar-refractivity contribution is 5.83. The molecule has 1 fully saturated rings. The first kappa shape index (κ1) is 13.8. The molecule has 0 spiro atoms. The summed E-state index contributed by atoms with van der Waals surface area (Å²) in [6.45, 7) is 5.35. The molecule has 1 aliphatic carbocycles. The fraction of sp³-hybridized carbons (Fsp3) is 0.438. The van der Waals surface area contributed by atoms with E-state index in [4.69, 9.17) is 0 Å². The van der Waals surface area contributed by atoms with Gasteiger partial charge in [0.25, 0.3) is 0 Å². The summed E-state index contributed by atoms with van der Waals surface area (Å²) in [6, 6.07) is 8.33. The summed E-state index contributed by atoms with van der Waals surface area (Å²) in [5.74, 6) is 1.55. The van der Waals surface area contributed by atoms with Crippen molar-refractivity contribution in [2.75, 3.05) is 6.54 Å². The minimum absolute atomic E-state index is 0.133. The van der Waals surface area contributed by atoms with E-state index in [0.29, 0.717) is 19.0 Å². The van der Waals surface area contributed by atoms with Gasteiger partial charge >= 0.3 is 0 Å². The van der Waals surface area contributed by atoms with Gasteiger partial charge in [0.05, 0.1) is 0 Å². The lowest BCUT2D eigenvalue weighted by Gasteiger charge is -2.07. The van der Waals surface area contributed by atoms with Crippen LogP contribution >= 0.6 is 0 Å². The summed E-state index contributed by atoms with van der Waals surface area (Å²) in [5, 5.41) is 10.8. The molecule has 0 aliphatic heterocycles. The lowest BCUT2D eigenvalue weighted by atomic mass is 10.0. The molecule has 1 aliphatic rings. The van der Waals surface area contributed by atoms with Gasteiger partial charge in [0.15, 0.2) is 0 Å². The van der Waals surface area contributed by atoms with Gasteiger partial charge < -0.3 is 9.88 Å². The number of carbonyl (C=O) groups is 1. The summed E-state index contributed by atoms with van der Waals surface area (Å²) in [4.78, 5) is 12.2. The van der Waals surface area contributed by atoms with Crippen LogP contribution in [0.25, 0.3) is 0 Å². The highest BCUT2D eigenvalue weighted by atomic mass is 16.2. The molecule has 0 radical (unpaired) electrons. The summed E-state index contributed by atoms with van der Waals surface area (Å²) in [5.41, 5.74) is 2.59. The minimum atomic E-state index is 0.133. The lowest BCUT2D eigenvalue weighted by Crippen LogP contribution is -2.29. The molecule has 1 amide bonds. The van der Waals surface area contributed by atoms with E-state index in [0.717, 1.165) is 12.2 Å². The topological polar surface area (TPSA) is 59.8 Å². The fourth-order valence-electron chi connectivity index (χ4n) is 2.79. The molecular formula is C16H20N4O. The second kappa shape index (κ2) is 5.68. The molecule has 21 heavy (non-hydrogen) atoms. The summed E-state index contributed by atoms with van der Waals surface area (Å²) < 4.78 is 1.94. The van der Waals surface area contributed by atoms with E-state index in [-0.39, 0.29) is 11.8 Å². The number of benzene rings is 1. The van der Waals surface area contributed by atoms with E-state index in [1.54, 1.807) is 6.33 Å². The van der Waals surface area contributed by atoms with E-state index < -0.39 is 0 Å². The van der Waals surface area contributed by atoms with Crippen molar-refractivity contribution in [3.05, 3.63) is 47.5 Å². The van der Waals surface area contributed by atoms with Crippen LogP contribution in [0, 0.1) is 19.8 Å². The quantitative estimate of drug-likeness (QED) is 0.911. The first-order valence-corrected chi connectivity index (χ1v) is 7.34. The standard InChI is InChI=1S/C16H20N4O/c1-11-5-3-4-6-13(11)14-9-15(14)16(21)17-7-8-20-10-18-19-12(20)2/h3-6,10,14-15H,7-9H2,1-2H3,(H,17,21)/t14-,15+/m1/s1. The number of rotatable bonds is 5. The summed E-state index contributed by atoms with van der Waals surface area (Å²) >= 11 is 0. The normalized spacial score (nSPS) is 20.3. The van der Waals surface area contributed by atoms with Crippen LogP contribution in [0.4, 0.5) is 0 Å². The molecule has 0 unspecified atom stereocenters. The van der Waals surface area contributed by atoms with Crippen LogP contribution in [-0.4, -0.2) is 27.2 Å². The second-order valence-electron chi connectivity index (χ2n) is 5.67. The maximum absolute atomic E-state index is 12.2. The predicted molar refractivity (Wildman–Crippen MR) is 79.8 cm³/mol. The Labute approximate surface area is 124 Å². The third-order valence-corrected chi connectivity index (χ3v) is 4.18. The molecular weight excluding hydrogens is 264 g/mol. The zero-order valence-electron chi connectivity index (χ0n) is 12.4. The van der Waals surface area contributed by atoms with E-state index in [1.165, 1.54) is 11.1 Å². The van der Waals surface area contributed by atoms with E-state index in [9.17, 15) is 4.79 Å². The van der Waals surface area contributed by atoms with Gasteiger partial charge in [-0.3, -0.25) is 4.79 Å². The molecule has 110 valence electrons.